The van der Waals surface area contributed by atoms with Gasteiger partial charge in [-0.3, -0.25) is 19.0 Å². The van der Waals surface area contributed by atoms with Gasteiger partial charge in [-0.25, -0.2) is 15.0 Å². The molecule has 1 aromatic carbocycles. The summed E-state index contributed by atoms with van der Waals surface area (Å²) in [4.78, 5) is 48.3. The van der Waals surface area contributed by atoms with Crippen LogP contribution in [0.2, 0.25) is 0 Å². The summed E-state index contributed by atoms with van der Waals surface area (Å²) < 4.78 is 23.9. The maximum Gasteiger partial charge on any atom is 0.303 e. The van der Waals surface area contributed by atoms with Crippen molar-refractivity contribution in [1.29, 1.82) is 0 Å². The molecule has 188 valence electrons. The summed E-state index contributed by atoms with van der Waals surface area (Å²) in [5.74, 6) is -1.28. The predicted molar refractivity (Wildman–Crippen MR) is 127 cm³/mol. The van der Waals surface area contributed by atoms with Crippen LogP contribution < -0.4 is 5.73 Å². The fraction of sp³-hybridized carbons (Fsp3) is 0.333. The Balaban J connectivity index is 1.84. The van der Waals surface area contributed by atoms with E-state index in [1.54, 1.807) is 10.6 Å². The monoisotopic (exact) mass is 495 g/mol. The summed E-state index contributed by atoms with van der Waals surface area (Å²) >= 11 is 0. The molecule has 0 saturated carbocycles. The van der Waals surface area contributed by atoms with Crippen molar-refractivity contribution in [3.05, 3.63) is 48.0 Å². The van der Waals surface area contributed by atoms with E-state index < -0.39 is 42.4 Å². The Kier molecular flexibility index (Phi) is 7.25. The Hall–Kier alpha value is -4.32. The van der Waals surface area contributed by atoms with E-state index in [1.807, 2.05) is 36.4 Å². The zero-order chi connectivity index (χ0) is 25.8. The number of aromatic nitrogens is 4. The summed E-state index contributed by atoms with van der Waals surface area (Å²) in [6.07, 6.45) is 0.670. The summed E-state index contributed by atoms with van der Waals surface area (Å²) in [5.41, 5.74) is 7.58. The normalized spacial score (nSPS) is 21.5. The molecule has 12 heteroatoms. The number of esters is 3. The molecule has 4 rings (SSSR count). The number of ether oxygens (including phenoxy) is 4. The fourth-order valence-corrected chi connectivity index (χ4v) is 3.95. The molecule has 0 unspecified atom stereocenters. The molecule has 12 nitrogen and oxygen atoms in total. The van der Waals surface area contributed by atoms with Gasteiger partial charge in [-0.15, -0.1) is 0 Å². The number of carbonyl (C=O) groups excluding carboxylic acids is 3. The first-order valence-electron chi connectivity index (χ1n) is 11.1. The number of nitrogen functional groups attached to an aromatic ring is 1. The van der Waals surface area contributed by atoms with Gasteiger partial charge in [0.2, 0.25) is 0 Å². The van der Waals surface area contributed by atoms with Gasteiger partial charge in [0.05, 0.1) is 0 Å². The third-order valence-electron chi connectivity index (χ3n) is 5.35. The number of imidazole rings is 1. The van der Waals surface area contributed by atoms with Crippen LogP contribution in [0.3, 0.4) is 0 Å². The zero-order valence-corrected chi connectivity index (χ0v) is 19.9. The number of hydrogen-bond acceptors (Lipinski definition) is 11. The highest BCUT2D eigenvalue weighted by atomic mass is 16.7. The van der Waals surface area contributed by atoms with Gasteiger partial charge >= 0.3 is 17.9 Å². The molecule has 0 aliphatic carbocycles. The molecule has 0 spiro atoms. The number of nitrogens with two attached hydrogens (primary N) is 1. The number of anilines is 1. The topological polar surface area (TPSA) is 158 Å². The Morgan fingerprint density at radius 2 is 1.69 bits per heavy atom. The van der Waals surface area contributed by atoms with Crippen molar-refractivity contribution in [1.82, 2.24) is 19.5 Å². The molecule has 3 aromatic rings. The standard InChI is InChI=1S/C24H25N5O7/c1-13(30)33-11-17-20(34-14(2)31)21(35-15(3)32)24(36-17)29-18(10-9-16-7-5-4-6-8-16)28-19-22(25)26-12-27-23(19)29/h4-10,12,17,20-21,24H,11H2,1-3H3,(H2,25,26,27)/b10-9+/t17-,20-,21-,24-/m1/s1. The van der Waals surface area contributed by atoms with Crippen LogP contribution in [0, 0.1) is 0 Å². The van der Waals surface area contributed by atoms with Crippen LogP contribution in [0.15, 0.2) is 36.7 Å². The van der Waals surface area contributed by atoms with Gasteiger partial charge in [0.1, 0.15) is 24.9 Å². The lowest BCUT2D eigenvalue weighted by Crippen LogP contribution is -2.40. The van der Waals surface area contributed by atoms with Crippen molar-refractivity contribution in [2.45, 2.75) is 45.3 Å². The highest BCUT2D eigenvalue weighted by Crippen LogP contribution is 2.37. The first kappa shape index (κ1) is 24.8. The zero-order valence-electron chi connectivity index (χ0n) is 19.9. The lowest BCUT2D eigenvalue weighted by Gasteiger charge is -2.24. The van der Waals surface area contributed by atoms with Crippen molar-refractivity contribution >= 4 is 47.0 Å². The summed E-state index contributed by atoms with van der Waals surface area (Å²) in [6.45, 7) is 3.45. The Labute approximate surface area is 206 Å². The van der Waals surface area contributed by atoms with E-state index in [0.717, 1.165) is 5.56 Å². The van der Waals surface area contributed by atoms with E-state index in [9.17, 15) is 14.4 Å². The molecule has 2 N–H and O–H groups in total. The van der Waals surface area contributed by atoms with E-state index in [4.69, 9.17) is 24.7 Å². The number of benzene rings is 1. The molecule has 3 heterocycles. The highest BCUT2D eigenvalue weighted by molar-refractivity contribution is 5.84. The lowest BCUT2D eigenvalue weighted by atomic mass is 10.1. The van der Waals surface area contributed by atoms with Crippen LogP contribution >= 0.6 is 0 Å². The minimum atomic E-state index is -1.11. The highest BCUT2D eigenvalue weighted by Gasteiger charge is 2.51. The lowest BCUT2D eigenvalue weighted by molar-refractivity contribution is -0.166. The average Bonchev–Trinajstić information content (AvgIpc) is 3.35. The number of hydrogen-bond donors (Lipinski definition) is 1. The van der Waals surface area contributed by atoms with E-state index in [0.29, 0.717) is 17.0 Å². The van der Waals surface area contributed by atoms with Gasteiger partial charge in [0, 0.05) is 20.8 Å². The summed E-state index contributed by atoms with van der Waals surface area (Å²) in [7, 11) is 0. The maximum absolute atomic E-state index is 12.0. The maximum atomic E-state index is 12.0. The van der Waals surface area contributed by atoms with Crippen molar-refractivity contribution in [3.8, 4) is 0 Å². The fourth-order valence-electron chi connectivity index (χ4n) is 3.95. The van der Waals surface area contributed by atoms with Gasteiger partial charge in [-0.1, -0.05) is 36.4 Å². The van der Waals surface area contributed by atoms with Crippen LogP contribution in [-0.2, 0) is 33.3 Å². The first-order valence-corrected chi connectivity index (χ1v) is 11.1. The van der Waals surface area contributed by atoms with Gasteiger partial charge in [-0.05, 0) is 11.6 Å². The van der Waals surface area contributed by atoms with Crippen LogP contribution in [0.5, 0.6) is 0 Å². The van der Waals surface area contributed by atoms with E-state index in [1.165, 1.54) is 27.1 Å². The predicted octanol–water partition coefficient (Wildman–Crippen LogP) is 1.90. The number of carbonyl (C=O) groups is 3. The largest absolute Gasteiger partial charge is 0.463 e. The molecular weight excluding hydrogens is 470 g/mol. The number of rotatable bonds is 7. The van der Waals surface area contributed by atoms with E-state index >= 15 is 0 Å². The molecule has 36 heavy (non-hydrogen) atoms. The van der Waals surface area contributed by atoms with Crippen molar-refractivity contribution < 1.29 is 33.3 Å². The smallest absolute Gasteiger partial charge is 0.303 e. The summed E-state index contributed by atoms with van der Waals surface area (Å²) in [6, 6.07) is 9.52. The number of fused-ring (bicyclic) bond motifs is 1. The van der Waals surface area contributed by atoms with Gasteiger partial charge in [0.15, 0.2) is 35.4 Å². The second-order valence-corrected chi connectivity index (χ2v) is 8.03. The molecule has 0 amide bonds. The molecule has 1 saturated heterocycles. The van der Waals surface area contributed by atoms with Crippen LogP contribution in [0.4, 0.5) is 5.82 Å². The molecule has 4 atom stereocenters. The first-order chi connectivity index (χ1) is 17.2. The summed E-state index contributed by atoms with van der Waals surface area (Å²) in [5, 5.41) is 0. The van der Waals surface area contributed by atoms with Crippen molar-refractivity contribution in [3.63, 3.8) is 0 Å². The molecule has 0 bridgehead atoms. The molecule has 1 fully saturated rings. The number of nitrogens with zero attached hydrogens (tertiary/aromatic N) is 4. The molecule has 1 aliphatic heterocycles. The van der Waals surface area contributed by atoms with Crippen molar-refractivity contribution in [2.24, 2.45) is 0 Å². The van der Waals surface area contributed by atoms with Crippen LogP contribution in [0.1, 0.15) is 38.4 Å². The minimum absolute atomic E-state index is 0.142. The molecule has 1 aliphatic rings. The quantitative estimate of drug-likeness (QED) is 0.377. The molecule has 0 radical (unpaired) electrons. The third-order valence-corrected chi connectivity index (χ3v) is 5.35. The molecular formula is C24H25N5O7. The Bertz CT molecular complexity index is 1310. The second kappa shape index (κ2) is 10.5. The molecule has 2 aromatic heterocycles. The van der Waals surface area contributed by atoms with Gasteiger partial charge < -0.3 is 24.7 Å². The van der Waals surface area contributed by atoms with Gasteiger partial charge in [-0.2, -0.15) is 0 Å². The van der Waals surface area contributed by atoms with Gasteiger partial charge in [0.25, 0.3) is 0 Å². The third kappa shape index (κ3) is 5.33. The SMILES string of the molecule is CC(=O)OC[C@H]1O[C@@H](n2c(/C=C/c3ccccc3)nc3c(N)ncnc32)[C@H](OC(C)=O)[C@@H]1OC(C)=O. The van der Waals surface area contributed by atoms with Crippen LogP contribution in [0.25, 0.3) is 23.3 Å². The second-order valence-electron chi connectivity index (χ2n) is 8.03. The average molecular weight is 495 g/mol. The van der Waals surface area contributed by atoms with Crippen LogP contribution in [-0.4, -0.2) is 62.3 Å². The van der Waals surface area contributed by atoms with Crippen molar-refractivity contribution in [2.75, 3.05) is 12.3 Å². The Morgan fingerprint density at radius 1 is 1.00 bits per heavy atom. The minimum Gasteiger partial charge on any atom is -0.463 e. The van der Waals surface area contributed by atoms with E-state index in [-0.39, 0.29) is 12.4 Å². The van der Waals surface area contributed by atoms with E-state index in [2.05, 4.69) is 15.0 Å². The Morgan fingerprint density at radius 3 is 2.36 bits per heavy atom.